The molecular formula is C25H30O6. The van der Waals surface area contributed by atoms with Crippen LogP contribution in [0.4, 0.5) is 0 Å². The third kappa shape index (κ3) is 2.55. The van der Waals surface area contributed by atoms with E-state index in [0.29, 0.717) is 35.9 Å². The minimum absolute atomic E-state index is 0.269. The molecule has 0 radical (unpaired) electrons. The van der Waals surface area contributed by atoms with Crippen molar-refractivity contribution in [3.63, 3.8) is 0 Å². The van der Waals surface area contributed by atoms with Crippen LogP contribution >= 0.6 is 0 Å². The van der Waals surface area contributed by atoms with Crippen molar-refractivity contribution in [2.24, 2.45) is 29.1 Å². The van der Waals surface area contributed by atoms with E-state index in [1.165, 1.54) is 5.57 Å². The summed E-state index contributed by atoms with van der Waals surface area (Å²) in [7, 11) is 0. The number of aliphatic hydroxyl groups is 1. The monoisotopic (exact) mass is 426 g/mol. The highest BCUT2D eigenvalue weighted by Crippen LogP contribution is 2.69. The number of ether oxygens (including phenoxy) is 2. The van der Waals surface area contributed by atoms with Gasteiger partial charge in [0.25, 0.3) is 0 Å². The van der Waals surface area contributed by atoms with Crippen molar-refractivity contribution >= 4 is 11.6 Å². The standard InChI is InChI=1S/C25H30O6/c1-24-9-8-17-16-7-5-15(27)11-14(16)4-6-18(17)19(24)12-22-25(24,21(28)13-26)31-23(30-22)20-3-2-10-29-20/h2-3,10-11,16-19,22-23,26H,4-9,12-13H2,1H3/t16-,17+,18+,19-,22+,23+,24-,25+/m0/s1. The molecule has 4 aliphatic carbocycles. The fourth-order valence-electron chi connectivity index (χ4n) is 8.10. The predicted octanol–water partition coefficient (Wildman–Crippen LogP) is 3.75. The van der Waals surface area contributed by atoms with Gasteiger partial charge in [0.05, 0.1) is 12.4 Å². The lowest BCUT2D eigenvalue weighted by atomic mass is 9.50. The molecule has 8 atom stereocenters. The van der Waals surface area contributed by atoms with Crippen LogP contribution in [0.1, 0.15) is 63.9 Å². The summed E-state index contributed by atoms with van der Waals surface area (Å²) in [5, 5.41) is 9.92. The fourth-order valence-corrected chi connectivity index (χ4v) is 8.10. The Morgan fingerprint density at radius 2 is 2.10 bits per heavy atom. The first-order valence-electron chi connectivity index (χ1n) is 11.7. The van der Waals surface area contributed by atoms with Gasteiger partial charge in [-0.3, -0.25) is 9.59 Å². The number of carbonyl (C=O) groups excluding carboxylic acids is 2. The summed E-state index contributed by atoms with van der Waals surface area (Å²) in [5.41, 5.74) is -0.162. The second-order valence-corrected chi connectivity index (χ2v) is 10.4. The lowest BCUT2D eigenvalue weighted by Crippen LogP contribution is -2.59. The molecule has 0 unspecified atom stereocenters. The largest absolute Gasteiger partial charge is 0.464 e. The topological polar surface area (TPSA) is 86.0 Å². The molecule has 4 fully saturated rings. The molecule has 166 valence electrons. The Hall–Kier alpha value is -1.76. The summed E-state index contributed by atoms with van der Waals surface area (Å²) in [4.78, 5) is 25.2. The van der Waals surface area contributed by atoms with E-state index in [1.807, 2.05) is 6.08 Å². The molecule has 6 nitrogen and oxygen atoms in total. The van der Waals surface area contributed by atoms with E-state index in [1.54, 1.807) is 18.4 Å². The summed E-state index contributed by atoms with van der Waals surface area (Å²) in [6, 6.07) is 3.59. The van der Waals surface area contributed by atoms with Crippen LogP contribution in [-0.2, 0) is 19.1 Å². The van der Waals surface area contributed by atoms with Gasteiger partial charge in [-0.05, 0) is 80.4 Å². The van der Waals surface area contributed by atoms with Gasteiger partial charge in [0.2, 0.25) is 6.29 Å². The number of furan rings is 1. The van der Waals surface area contributed by atoms with Crippen LogP contribution in [0, 0.1) is 29.1 Å². The molecule has 1 aromatic rings. The summed E-state index contributed by atoms with van der Waals surface area (Å²) in [6.07, 6.45) is 8.72. The first kappa shape index (κ1) is 19.9. The van der Waals surface area contributed by atoms with Gasteiger partial charge < -0.3 is 19.0 Å². The highest BCUT2D eigenvalue weighted by molar-refractivity contribution is 5.92. The molecule has 0 spiro atoms. The quantitative estimate of drug-likeness (QED) is 0.792. The molecule has 0 bridgehead atoms. The van der Waals surface area contributed by atoms with Crippen molar-refractivity contribution in [3.8, 4) is 0 Å². The Morgan fingerprint density at radius 3 is 2.87 bits per heavy atom. The zero-order valence-corrected chi connectivity index (χ0v) is 17.9. The van der Waals surface area contributed by atoms with Gasteiger partial charge in [0, 0.05) is 11.8 Å². The van der Waals surface area contributed by atoms with E-state index in [4.69, 9.17) is 13.9 Å². The number of rotatable bonds is 3. The predicted molar refractivity (Wildman–Crippen MR) is 110 cm³/mol. The maximum atomic E-state index is 13.3. The smallest absolute Gasteiger partial charge is 0.218 e. The molecule has 2 heterocycles. The van der Waals surface area contributed by atoms with Gasteiger partial charge in [0.15, 0.2) is 22.9 Å². The molecule has 31 heavy (non-hydrogen) atoms. The van der Waals surface area contributed by atoms with Crippen molar-refractivity contribution in [1.29, 1.82) is 0 Å². The molecule has 1 saturated heterocycles. The van der Waals surface area contributed by atoms with Gasteiger partial charge in [-0.1, -0.05) is 12.5 Å². The highest BCUT2D eigenvalue weighted by atomic mass is 16.8. The second kappa shape index (κ2) is 6.87. The van der Waals surface area contributed by atoms with Crippen molar-refractivity contribution in [2.75, 3.05) is 6.61 Å². The lowest BCUT2D eigenvalue weighted by Gasteiger charge is -2.55. The summed E-state index contributed by atoms with van der Waals surface area (Å²) in [5.74, 6) is 2.44. The average Bonchev–Trinajstić information content (AvgIpc) is 3.47. The first-order chi connectivity index (χ1) is 15.0. The van der Waals surface area contributed by atoms with Gasteiger partial charge in [-0.25, -0.2) is 0 Å². The number of fused-ring (bicyclic) bond motifs is 7. The van der Waals surface area contributed by atoms with E-state index in [2.05, 4.69) is 6.92 Å². The van der Waals surface area contributed by atoms with Crippen LogP contribution in [0.15, 0.2) is 34.5 Å². The van der Waals surface area contributed by atoms with Crippen LogP contribution in [0.3, 0.4) is 0 Å². The number of allylic oxidation sites excluding steroid dienone is 1. The number of hydrogen-bond donors (Lipinski definition) is 1. The maximum Gasteiger partial charge on any atom is 0.218 e. The van der Waals surface area contributed by atoms with Crippen LogP contribution in [0.5, 0.6) is 0 Å². The Bertz CT molecular complexity index is 934. The Balaban J connectivity index is 1.35. The minimum Gasteiger partial charge on any atom is -0.464 e. The maximum absolute atomic E-state index is 13.3. The van der Waals surface area contributed by atoms with E-state index >= 15 is 0 Å². The summed E-state index contributed by atoms with van der Waals surface area (Å²) >= 11 is 0. The summed E-state index contributed by atoms with van der Waals surface area (Å²) < 4.78 is 18.3. The van der Waals surface area contributed by atoms with Gasteiger partial charge in [-0.2, -0.15) is 0 Å². The van der Waals surface area contributed by atoms with Gasteiger partial charge >= 0.3 is 0 Å². The number of carbonyl (C=O) groups is 2. The molecule has 0 amide bonds. The molecule has 1 aromatic heterocycles. The zero-order chi connectivity index (χ0) is 21.4. The SMILES string of the molecule is C[C@]12CC[C@H]3[C@@H](CCC4=CC(=O)CC[C@@H]43)[C@@H]1C[C@H]1O[C@@H](c3ccco3)O[C@]12C(=O)CO. The number of aliphatic hydroxyl groups excluding tert-OH is 1. The van der Waals surface area contributed by atoms with Crippen molar-refractivity contribution in [2.45, 2.75) is 69.9 Å². The molecule has 5 aliphatic rings. The number of ketones is 2. The highest BCUT2D eigenvalue weighted by Gasteiger charge is 2.74. The van der Waals surface area contributed by atoms with Crippen LogP contribution in [-0.4, -0.2) is 35.0 Å². The van der Waals surface area contributed by atoms with E-state index < -0.39 is 18.5 Å². The molecule has 1 aliphatic heterocycles. The molecule has 3 saturated carbocycles. The average molecular weight is 427 g/mol. The third-order valence-electron chi connectivity index (χ3n) is 9.37. The lowest BCUT2D eigenvalue weighted by molar-refractivity contribution is -0.188. The van der Waals surface area contributed by atoms with Gasteiger partial charge in [0.1, 0.15) is 6.61 Å². The minimum atomic E-state index is -1.13. The molecule has 0 aromatic carbocycles. The zero-order valence-electron chi connectivity index (χ0n) is 17.9. The normalized spacial score (nSPS) is 46.0. The second-order valence-electron chi connectivity index (χ2n) is 10.4. The van der Waals surface area contributed by atoms with Crippen molar-refractivity contribution < 1.29 is 28.6 Å². The fraction of sp³-hybridized carbons (Fsp3) is 0.680. The van der Waals surface area contributed by atoms with Crippen LogP contribution in [0.2, 0.25) is 0 Å². The van der Waals surface area contributed by atoms with Crippen molar-refractivity contribution in [1.82, 2.24) is 0 Å². The first-order valence-corrected chi connectivity index (χ1v) is 11.7. The third-order valence-corrected chi connectivity index (χ3v) is 9.37. The number of hydrogen-bond acceptors (Lipinski definition) is 6. The number of Topliss-reactive ketones (excluding diaryl/α,β-unsaturated/α-hetero) is 1. The van der Waals surface area contributed by atoms with E-state index in [0.717, 1.165) is 38.5 Å². The Morgan fingerprint density at radius 1 is 1.23 bits per heavy atom. The van der Waals surface area contributed by atoms with E-state index in [-0.39, 0.29) is 23.1 Å². The van der Waals surface area contributed by atoms with E-state index in [9.17, 15) is 14.7 Å². The van der Waals surface area contributed by atoms with Gasteiger partial charge in [-0.15, -0.1) is 0 Å². The molecular weight excluding hydrogens is 396 g/mol. The molecule has 6 rings (SSSR count). The molecule has 6 heteroatoms. The Labute approximate surface area is 182 Å². The Kier molecular flexibility index (Phi) is 4.41. The molecule has 1 N–H and O–H groups in total. The van der Waals surface area contributed by atoms with Crippen LogP contribution < -0.4 is 0 Å². The van der Waals surface area contributed by atoms with Crippen LogP contribution in [0.25, 0.3) is 0 Å². The summed E-state index contributed by atoms with van der Waals surface area (Å²) in [6.45, 7) is 1.64. The van der Waals surface area contributed by atoms with Crippen molar-refractivity contribution in [3.05, 3.63) is 35.8 Å².